The molecule has 1 saturated carbocycles. The summed E-state index contributed by atoms with van der Waals surface area (Å²) in [5, 5.41) is 7.96. The molecule has 2 heterocycles. The third-order valence-electron chi connectivity index (χ3n) is 4.09. The predicted molar refractivity (Wildman–Crippen MR) is 71.2 cm³/mol. The molecule has 3 rings (SSSR count). The lowest BCUT2D eigenvalue weighted by molar-refractivity contribution is 0.270. The van der Waals surface area contributed by atoms with Gasteiger partial charge in [0.1, 0.15) is 12.2 Å². The van der Waals surface area contributed by atoms with Crippen molar-refractivity contribution in [1.29, 1.82) is 0 Å². The van der Waals surface area contributed by atoms with E-state index in [0.717, 1.165) is 37.9 Å². The minimum atomic E-state index is -3.00. The van der Waals surface area contributed by atoms with Crippen LogP contribution in [0.15, 0.2) is 6.33 Å². The maximum absolute atomic E-state index is 12.2. The van der Waals surface area contributed by atoms with E-state index >= 15 is 0 Å². The zero-order valence-corrected chi connectivity index (χ0v) is 12.0. The molecule has 2 fully saturated rings. The lowest BCUT2D eigenvalue weighted by atomic mass is 10.1. The molecule has 106 valence electrons. The van der Waals surface area contributed by atoms with Gasteiger partial charge in [-0.2, -0.15) is 0 Å². The zero-order chi connectivity index (χ0) is 13.5. The second-order valence-electron chi connectivity index (χ2n) is 5.38. The summed E-state index contributed by atoms with van der Waals surface area (Å²) < 4.78 is 28.1. The number of rotatable bonds is 4. The molecule has 0 aromatic carbocycles. The number of hydrogen-bond donors (Lipinski definition) is 0. The number of aryl methyl sites for hydroxylation is 1. The van der Waals surface area contributed by atoms with Gasteiger partial charge >= 0.3 is 0 Å². The highest BCUT2D eigenvalue weighted by Gasteiger charge is 2.41. The largest absolute Gasteiger partial charge is 0.314 e. The molecule has 0 atom stereocenters. The number of aromatic nitrogens is 3. The maximum Gasteiger partial charge on any atom is 0.216 e. The quantitative estimate of drug-likeness (QED) is 0.826. The Labute approximate surface area is 113 Å². The summed E-state index contributed by atoms with van der Waals surface area (Å²) >= 11 is 0. The average molecular weight is 284 g/mol. The molecular weight excluding hydrogens is 264 g/mol. The monoisotopic (exact) mass is 284 g/mol. The Morgan fingerprint density at radius 3 is 2.53 bits per heavy atom. The van der Waals surface area contributed by atoms with Gasteiger partial charge in [0.2, 0.25) is 10.0 Å². The zero-order valence-electron chi connectivity index (χ0n) is 11.2. The van der Waals surface area contributed by atoms with E-state index in [-0.39, 0.29) is 5.25 Å². The molecule has 1 aromatic rings. The van der Waals surface area contributed by atoms with Gasteiger partial charge in [-0.25, -0.2) is 12.7 Å². The number of sulfonamides is 1. The van der Waals surface area contributed by atoms with Crippen LogP contribution in [0, 0.1) is 0 Å². The lowest BCUT2D eigenvalue weighted by Crippen LogP contribution is -2.40. The van der Waals surface area contributed by atoms with Crippen molar-refractivity contribution >= 4 is 10.0 Å². The number of hydrogen-bond acceptors (Lipinski definition) is 4. The second kappa shape index (κ2) is 4.86. The molecule has 0 unspecified atom stereocenters. The van der Waals surface area contributed by atoms with Gasteiger partial charge in [0.25, 0.3) is 0 Å². The normalized spacial score (nSPS) is 22.8. The summed E-state index contributed by atoms with van der Waals surface area (Å²) in [6.07, 6.45) is 6.03. The first-order valence-corrected chi connectivity index (χ1v) is 8.50. The van der Waals surface area contributed by atoms with Gasteiger partial charge in [-0.05, 0) is 25.7 Å². The molecule has 1 aliphatic carbocycles. The topological polar surface area (TPSA) is 68.1 Å². The Balaban J connectivity index is 1.66. The number of piperidine rings is 1. The highest BCUT2D eigenvalue weighted by molar-refractivity contribution is 7.90. The molecule has 1 aliphatic heterocycles. The minimum Gasteiger partial charge on any atom is -0.314 e. The van der Waals surface area contributed by atoms with E-state index in [1.54, 1.807) is 10.6 Å². The van der Waals surface area contributed by atoms with Crippen LogP contribution in [0.2, 0.25) is 0 Å². The van der Waals surface area contributed by atoms with Crippen molar-refractivity contribution in [3.63, 3.8) is 0 Å². The van der Waals surface area contributed by atoms with Crippen molar-refractivity contribution in [2.75, 3.05) is 13.1 Å². The summed E-state index contributed by atoms with van der Waals surface area (Å²) in [6, 6.07) is 0.343. The summed E-state index contributed by atoms with van der Waals surface area (Å²) in [5.74, 6) is 0.989. The van der Waals surface area contributed by atoms with Crippen LogP contribution in [0.4, 0.5) is 0 Å². The molecule has 1 saturated heterocycles. The van der Waals surface area contributed by atoms with Crippen LogP contribution >= 0.6 is 0 Å². The van der Waals surface area contributed by atoms with Crippen LogP contribution in [0.5, 0.6) is 0 Å². The van der Waals surface area contributed by atoms with E-state index in [1.807, 2.05) is 0 Å². The van der Waals surface area contributed by atoms with E-state index in [4.69, 9.17) is 0 Å². The van der Waals surface area contributed by atoms with Crippen LogP contribution in [-0.4, -0.2) is 45.8 Å². The third kappa shape index (κ3) is 2.41. The summed E-state index contributed by atoms with van der Waals surface area (Å²) in [4.78, 5) is 0. The molecule has 0 bridgehead atoms. The summed E-state index contributed by atoms with van der Waals surface area (Å²) in [5.41, 5.74) is 0. The smallest absolute Gasteiger partial charge is 0.216 e. The Morgan fingerprint density at radius 2 is 1.95 bits per heavy atom. The van der Waals surface area contributed by atoms with Gasteiger partial charge in [-0.1, -0.05) is 6.92 Å². The molecule has 6 nitrogen and oxygen atoms in total. The molecule has 7 heteroatoms. The minimum absolute atomic E-state index is 0.0924. The second-order valence-corrected chi connectivity index (χ2v) is 7.60. The van der Waals surface area contributed by atoms with Gasteiger partial charge in [0.05, 0.1) is 5.25 Å². The molecule has 0 radical (unpaired) electrons. The van der Waals surface area contributed by atoms with Crippen LogP contribution < -0.4 is 0 Å². The standard InChI is InChI=1S/C12H20N4O2S/c1-2-12-14-13-9-16(12)10-5-7-15(8-6-10)19(17,18)11-3-4-11/h9-11H,2-8H2,1H3. The van der Waals surface area contributed by atoms with Gasteiger partial charge < -0.3 is 4.57 Å². The Kier molecular flexibility index (Phi) is 3.34. The predicted octanol–water partition coefficient (Wildman–Crippen LogP) is 0.970. The lowest BCUT2D eigenvalue weighted by Gasteiger charge is -2.32. The first-order valence-electron chi connectivity index (χ1n) is 7.00. The third-order valence-corrected chi connectivity index (χ3v) is 6.48. The Morgan fingerprint density at radius 1 is 1.26 bits per heavy atom. The van der Waals surface area contributed by atoms with Crippen LogP contribution in [0.3, 0.4) is 0 Å². The highest BCUT2D eigenvalue weighted by atomic mass is 32.2. The molecule has 0 amide bonds. The van der Waals surface area contributed by atoms with E-state index in [1.165, 1.54) is 0 Å². The van der Waals surface area contributed by atoms with E-state index < -0.39 is 10.0 Å². The fourth-order valence-corrected chi connectivity index (χ4v) is 4.65. The Hall–Kier alpha value is -0.950. The fraction of sp³-hybridized carbons (Fsp3) is 0.833. The molecule has 19 heavy (non-hydrogen) atoms. The average Bonchev–Trinajstić information content (AvgIpc) is 3.18. The van der Waals surface area contributed by atoms with Crippen molar-refractivity contribution in [1.82, 2.24) is 19.1 Å². The van der Waals surface area contributed by atoms with Crippen molar-refractivity contribution in [3.05, 3.63) is 12.2 Å². The van der Waals surface area contributed by atoms with Crippen molar-refractivity contribution in [2.45, 2.75) is 50.3 Å². The van der Waals surface area contributed by atoms with Crippen LogP contribution in [0.25, 0.3) is 0 Å². The SMILES string of the molecule is CCc1nncn1C1CCN(S(=O)(=O)C2CC2)CC1. The van der Waals surface area contributed by atoms with Crippen molar-refractivity contribution < 1.29 is 8.42 Å². The van der Waals surface area contributed by atoms with E-state index in [9.17, 15) is 8.42 Å². The molecule has 1 aromatic heterocycles. The van der Waals surface area contributed by atoms with Gasteiger partial charge in [0, 0.05) is 25.6 Å². The molecule has 2 aliphatic rings. The Bertz CT molecular complexity index is 542. The first kappa shape index (κ1) is 13.1. The summed E-state index contributed by atoms with van der Waals surface area (Å²) in [7, 11) is -3.00. The molecular formula is C12H20N4O2S. The van der Waals surface area contributed by atoms with Crippen molar-refractivity contribution in [2.24, 2.45) is 0 Å². The molecule has 0 N–H and O–H groups in total. The van der Waals surface area contributed by atoms with Crippen LogP contribution in [0.1, 0.15) is 44.5 Å². The first-order chi connectivity index (χ1) is 9.13. The fourth-order valence-electron chi connectivity index (χ4n) is 2.78. The molecule has 0 spiro atoms. The summed E-state index contributed by atoms with van der Waals surface area (Å²) in [6.45, 7) is 3.32. The van der Waals surface area contributed by atoms with Gasteiger partial charge in [-0.15, -0.1) is 10.2 Å². The van der Waals surface area contributed by atoms with E-state index in [2.05, 4.69) is 21.7 Å². The van der Waals surface area contributed by atoms with Gasteiger partial charge in [0.15, 0.2) is 0 Å². The van der Waals surface area contributed by atoms with Crippen molar-refractivity contribution in [3.8, 4) is 0 Å². The van der Waals surface area contributed by atoms with Gasteiger partial charge in [-0.3, -0.25) is 0 Å². The number of nitrogens with zero attached hydrogens (tertiary/aromatic N) is 4. The van der Waals surface area contributed by atoms with Crippen LogP contribution in [-0.2, 0) is 16.4 Å². The maximum atomic E-state index is 12.2. The van der Waals surface area contributed by atoms with E-state index in [0.29, 0.717) is 19.1 Å². The highest BCUT2D eigenvalue weighted by Crippen LogP contribution is 2.34.